The number of aromatic nitrogens is 4. The van der Waals surface area contributed by atoms with Gasteiger partial charge in [0.2, 0.25) is 5.75 Å². The summed E-state index contributed by atoms with van der Waals surface area (Å²) in [5.74, 6) is -0.187. The van der Waals surface area contributed by atoms with Gasteiger partial charge in [-0.25, -0.2) is 9.07 Å². The maximum Gasteiger partial charge on any atom is 0.256 e. The van der Waals surface area contributed by atoms with Gasteiger partial charge in [0.1, 0.15) is 12.1 Å². The first-order chi connectivity index (χ1) is 13.1. The average Bonchev–Trinajstić information content (AvgIpc) is 3.23. The molecule has 10 heteroatoms. The summed E-state index contributed by atoms with van der Waals surface area (Å²) in [4.78, 5) is 12.6. The van der Waals surface area contributed by atoms with Crippen molar-refractivity contribution in [2.24, 2.45) is 0 Å². The molecule has 0 atom stereocenters. The van der Waals surface area contributed by atoms with Crippen LogP contribution in [0.2, 0.25) is 0 Å². The van der Waals surface area contributed by atoms with Crippen LogP contribution in [0.5, 0.6) is 17.2 Å². The van der Waals surface area contributed by atoms with E-state index in [0.717, 1.165) is 0 Å². The van der Waals surface area contributed by atoms with E-state index >= 15 is 0 Å². The monoisotopic (exact) mass is 373 g/mol. The van der Waals surface area contributed by atoms with Gasteiger partial charge in [0.05, 0.1) is 32.7 Å². The number of methoxy groups -OCH3 is 3. The molecular formula is C17H16FN5O4. The van der Waals surface area contributed by atoms with Crippen LogP contribution in [0.4, 0.5) is 10.1 Å². The smallest absolute Gasteiger partial charge is 0.256 e. The molecule has 0 radical (unpaired) electrons. The molecule has 1 heterocycles. The second kappa shape index (κ2) is 7.68. The van der Waals surface area contributed by atoms with Crippen LogP contribution in [0.1, 0.15) is 10.4 Å². The number of tetrazole rings is 1. The Kier molecular flexibility index (Phi) is 5.15. The van der Waals surface area contributed by atoms with Gasteiger partial charge in [-0.3, -0.25) is 4.79 Å². The molecule has 9 nitrogen and oxygen atoms in total. The van der Waals surface area contributed by atoms with Crippen LogP contribution in [0.15, 0.2) is 36.7 Å². The van der Waals surface area contributed by atoms with Crippen LogP contribution in [-0.4, -0.2) is 47.4 Å². The Hall–Kier alpha value is -3.69. The van der Waals surface area contributed by atoms with E-state index in [1.807, 2.05) is 0 Å². The molecule has 27 heavy (non-hydrogen) atoms. The SMILES string of the molecule is COc1cc(C(=O)Nc2cc(-n3cnnn3)ccc2F)cc(OC)c1OC. The molecule has 0 fully saturated rings. The van der Waals surface area contributed by atoms with Crippen LogP contribution in [0.25, 0.3) is 5.69 Å². The van der Waals surface area contributed by atoms with Gasteiger partial charge in [-0.15, -0.1) is 5.10 Å². The second-order valence-electron chi connectivity index (χ2n) is 5.29. The average molecular weight is 373 g/mol. The summed E-state index contributed by atoms with van der Waals surface area (Å²) in [6.07, 6.45) is 1.36. The molecule has 0 unspecified atom stereocenters. The van der Waals surface area contributed by atoms with Gasteiger partial charge in [0.15, 0.2) is 11.5 Å². The third-order valence-electron chi connectivity index (χ3n) is 3.74. The number of anilines is 1. The Morgan fingerprint density at radius 3 is 2.33 bits per heavy atom. The zero-order valence-electron chi connectivity index (χ0n) is 14.8. The van der Waals surface area contributed by atoms with Crippen LogP contribution < -0.4 is 19.5 Å². The molecule has 140 valence electrons. The van der Waals surface area contributed by atoms with Crippen molar-refractivity contribution < 1.29 is 23.4 Å². The first-order valence-corrected chi connectivity index (χ1v) is 7.71. The maximum absolute atomic E-state index is 14.2. The zero-order chi connectivity index (χ0) is 19.4. The highest BCUT2D eigenvalue weighted by molar-refractivity contribution is 6.05. The van der Waals surface area contributed by atoms with Crippen LogP contribution in [-0.2, 0) is 0 Å². The summed E-state index contributed by atoms with van der Waals surface area (Å²) < 4.78 is 31.2. The Balaban J connectivity index is 1.93. The predicted molar refractivity (Wildman–Crippen MR) is 93.2 cm³/mol. The first-order valence-electron chi connectivity index (χ1n) is 7.71. The van der Waals surface area contributed by atoms with Gasteiger partial charge in [-0.05, 0) is 40.8 Å². The molecule has 1 amide bonds. The number of benzene rings is 2. The summed E-state index contributed by atoms with van der Waals surface area (Å²) in [7, 11) is 4.34. The zero-order valence-corrected chi connectivity index (χ0v) is 14.8. The van der Waals surface area contributed by atoms with Crippen LogP contribution in [0.3, 0.4) is 0 Å². The fourth-order valence-corrected chi connectivity index (χ4v) is 2.44. The Labute approximate surface area is 153 Å². The van der Waals surface area contributed by atoms with E-state index < -0.39 is 11.7 Å². The van der Waals surface area contributed by atoms with Crippen molar-refractivity contribution in [2.75, 3.05) is 26.6 Å². The van der Waals surface area contributed by atoms with Crippen molar-refractivity contribution in [3.8, 4) is 22.9 Å². The molecule has 0 bridgehead atoms. The first kappa shape index (κ1) is 18.1. The number of nitrogens with zero attached hydrogens (tertiary/aromatic N) is 4. The third-order valence-corrected chi connectivity index (χ3v) is 3.74. The fourth-order valence-electron chi connectivity index (χ4n) is 2.44. The van der Waals surface area contributed by atoms with E-state index in [1.165, 1.54) is 62.7 Å². The van der Waals surface area contributed by atoms with Gasteiger partial charge < -0.3 is 19.5 Å². The summed E-state index contributed by atoms with van der Waals surface area (Å²) in [6.45, 7) is 0. The number of hydrogen-bond acceptors (Lipinski definition) is 7. The minimum atomic E-state index is -0.604. The van der Waals surface area contributed by atoms with Crippen molar-refractivity contribution in [1.29, 1.82) is 0 Å². The number of carbonyl (C=O) groups excluding carboxylic acids is 1. The molecule has 0 saturated heterocycles. The van der Waals surface area contributed by atoms with Crippen molar-refractivity contribution in [3.05, 3.63) is 48.0 Å². The summed E-state index contributed by atoms with van der Waals surface area (Å²) in [5, 5.41) is 13.3. The van der Waals surface area contributed by atoms with Gasteiger partial charge in [0, 0.05) is 5.56 Å². The lowest BCUT2D eigenvalue weighted by Crippen LogP contribution is -2.14. The molecule has 1 N–H and O–H groups in total. The van der Waals surface area contributed by atoms with Gasteiger partial charge in [-0.2, -0.15) is 0 Å². The van der Waals surface area contributed by atoms with Crippen molar-refractivity contribution in [1.82, 2.24) is 20.2 Å². The largest absolute Gasteiger partial charge is 0.493 e. The highest BCUT2D eigenvalue weighted by Crippen LogP contribution is 2.38. The lowest BCUT2D eigenvalue weighted by Gasteiger charge is -2.14. The summed E-state index contributed by atoms with van der Waals surface area (Å²) >= 11 is 0. The lowest BCUT2D eigenvalue weighted by atomic mass is 10.1. The molecule has 3 aromatic rings. The van der Waals surface area contributed by atoms with Crippen molar-refractivity contribution >= 4 is 11.6 Å². The third kappa shape index (κ3) is 3.64. The van der Waals surface area contributed by atoms with E-state index in [9.17, 15) is 9.18 Å². The van der Waals surface area contributed by atoms with E-state index in [0.29, 0.717) is 22.9 Å². The Bertz CT molecular complexity index is 937. The van der Waals surface area contributed by atoms with Crippen molar-refractivity contribution in [3.63, 3.8) is 0 Å². The van der Waals surface area contributed by atoms with Gasteiger partial charge in [0.25, 0.3) is 5.91 Å². The lowest BCUT2D eigenvalue weighted by molar-refractivity contribution is 0.102. The molecule has 0 spiro atoms. The van der Waals surface area contributed by atoms with Crippen LogP contribution in [0, 0.1) is 5.82 Å². The van der Waals surface area contributed by atoms with Gasteiger partial charge in [-0.1, -0.05) is 0 Å². The number of carbonyl (C=O) groups is 1. The number of hydrogen-bond donors (Lipinski definition) is 1. The highest BCUT2D eigenvalue weighted by Gasteiger charge is 2.18. The number of halogens is 1. The fraction of sp³-hybridized carbons (Fsp3) is 0.176. The molecule has 2 aromatic carbocycles. The number of nitrogens with one attached hydrogen (secondary N) is 1. The van der Waals surface area contributed by atoms with E-state index in [4.69, 9.17) is 14.2 Å². The minimum Gasteiger partial charge on any atom is -0.493 e. The Morgan fingerprint density at radius 2 is 1.78 bits per heavy atom. The molecular weight excluding hydrogens is 357 g/mol. The molecule has 0 aliphatic heterocycles. The quantitative estimate of drug-likeness (QED) is 0.706. The molecule has 3 rings (SSSR count). The molecule has 0 aliphatic carbocycles. The van der Waals surface area contributed by atoms with Gasteiger partial charge >= 0.3 is 0 Å². The van der Waals surface area contributed by atoms with Crippen molar-refractivity contribution in [2.45, 2.75) is 0 Å². The standard InChI is InChI=1S/C17H16FN5O4/c1-25-14-6-10(7-15(26-2)16(14)27-3)17(24)20-13-8-11(4-5-12(13)18)23-9-19-21-22-23/h4-9H,1-3H3,(H,20,24). The number of rotatable bonds is 6. The normalized spacial score (nSPS) is 10.4. The molecule has 0 saturated carbocycles. The summed E-state index contributed by atoms with van der Waals surface area (Å²) in [6, 6.07) is 7.06. The number of amides is 1. The highest BCUT2D eigenvalue weighted by atomic mass is 19.1. The maximum atomic E-state index is 14.2. The topological polar surface area (TPSA) is 100 Å². The predicted octanol–water partition coefficient (Wildman–Crippen LogP) is 2.08. The molecule has 0 aliphatic rings. The van der Waals surface area contributed by atoms with E-state index in [1.54, 1.807) is 0 Å². The van der Waals surface area contributed by atoms with E-state index in [-0.39, 0.29) is 11.3 Å². The number of ether oxygens (including phenoxy) is 3. The van der Waals surface area contributed by atoms with Crippen LogP contribution >= 0.6 is 0 Å². The summed E-state index contributed by atoms with van der Waals surface area (Å²) in [5.41, 5.74) is 0.667. The van der Waals surface area contributed by atoms with E-state index in [2.05, 4.69) is 20.8 Å². The Morgan fingerprint density at radius 1 is 1.07 bits per heavy atom. The molecule has 1 aromatic heterocycles. The second-order valence-corrected chi connectivity index (χ2v) is 5.29. The minimum absolute atomic E-state index is 0.0262.